The molecule has 2 heterocycles. The summed E-state index contributed by atoms with van der Waals surface area (Å²) in [5, 5.41) is 2.78. The SMILES string of the molecule is CC1(C)Oc2ccc(/C=C/c3ccccc3)nc2NC1=O. The van der Waals surface area contributed by atoms with Crippen molar-refractivity contribution in [3.8, 4) is 5.75 Å². The second-order valence-electron chi connectivity index (χ2n) is 5.39. The summed E-state index contributed by atoms with van der Waals surface area (Å²) in [6.45, 7) is 3.46. The molecule has 0 spiro atoms. The molecule has 21 heavy (non-hydrogen) atoms. The molecule has 1 aromatic carbocycles. The van der Waals surface area contributed by atoms with Gasteiger partial charge in [-0.05, 0) is 37.6 Å². The Morgan fingerprint density at radius 3 is 2.62 bits per heavy atom. The lowest BCUT2D eigenvalue weighted by molar-refractivity contribution is -0.129. The summed E-state index contributed by atoms with van der Waals surface area (Å²) < 4.78 is 5.65. The van der Waals surface area contributed by atoms with Crippen molar-refractivity contribution in [1.82, 2.24) is 4.98 Å². The third-order valence-corrected chi connectivity index (χ3v) is 3.27. The van der Waals surface area contributed by atoms with Crippen LogP contribution in [0.25, 0.3) is 12.2 Å². The Morgan fingerprint density at radius 1 is 1.10 bits per heavy atom. The highest BCUT2D eigenvalue weighted by atomic mass is 16.5. The topological polar surface area (TPSA) is 51.2 Å². The number of hydrogen-bond acceptors (Lipinski definition) is 3. The number of amides is 1. The van der Waals surface area contributed by atoms with Crippen LogP contribution in [-0.4, -0.2) is 16.5 Å². The van der Waals surface area contributed by atoms with E-state index in [1.54, 1.807) is 13.8 Å². The smallest absolute Gasteiger partial charge is 0.269 e. The van der Waals surface area contributed by atoms with E-state index in [2.05, 4.69) is 10.3 Å². The van der Waals surface area contributed by atoms with Crippen molar-refractivity contribution in [2.75, 3.05) is 5.32 Å². The Morgan fingerprint density at radius 2 is 1.86 bits per heavy atom. The van der Waals surface area contributed by atoms with E-state index in [4.69, 9.17) is 4.74 Å². The first kappa shape index (κ1) is 13.4. The van der Waals surface area contributed by atoms with E-state index >= 15 is 0 Å². The van der Waals surface area contributed by atoms with Gasteiger partial charge < -0.3 is 10.1 Å². The van der Waals surface area contributed by atoms with E-state index in [9.17, 15) is 4.79 Å². The highest BCUT2D eigenvalue weighted by Gasteiger charge is 2.35. The van der Waals surface area contributed by atoms with Gasteiger partial charge in [-0.15, -0.1) is 0 Å². The molecule has 106 valence electrons. The van der Waals surface area contributed by atoms with Crippen molar-refractivity contribution in [3.05, 3.63) is 53.7 Å². The van der Waals surface area contributed by atoms with E-state index in [0.717, 1.165) is 11.3 Å². The van der Waals surface area contributed by atoms with Crippen LogP contribution in [0, 0.1) is 0 Å². The van der Waals surface area contributed by atoms with Crippen LogP contribution >= 0.6 is 0 Å². The maximum Gasteiger partial charge on any atom is 0.269 e. The predicted molar refractivity (Wildman–Crippen MR) is 82.9 cm³/mol. The number of pyridine rings is 1. The lowest BCUT2D eigenvalue weighted by atomic mass is 10.1. The van der Waals surface area contributed by atoms with Crippen LogP contribution in [0.15, 0.2) is 42.5 Å². The summed E-state index contributed by atoms with van der Waals surface area (Å²) in [4.78, 5) is 16.3. The molecule has 0 saturated heterocycles. The van der Waals surface area contributed by atoms with Crippen LogP contribution in [0.3, 0.4) is 0 Å². The Labute approximate surface area is 123 Å². The number of nitrogens with zero attached hydrogens (tertiary/aromatic N) is 1. The number of rotatable bonds is 2. The molecule has 0 bridgehead atoms. The zero-order valence-electron chi connectivity index (χ0n) is 12.0. The van der Waals surface area contributed by atoms with Gasteiger partial charge in [0.1, 0.15) is 0 Å². The minimum absolute atomic E-state index is 0.188. The molecule has 1 amide bonds. The van der Waals surface area contributed by atoms with Crippen molar-refractivity contribution >= 4 is 23.9 Å². The average Bonchev–Trinajstić information content (AvgIpc) is 2.47. The zero-order chi connectivity index (χ0) is 14.9. The van der Waals surface area contributed by atoms with E-state index < -0.39 is 5.60 Å². The molecule has 2 aromatic rings. The molecule has 3 rings (SSSR count). The molecule has 0 radical (unpaired) electrons. The second-order valence-corrected chi connectivity index (χ2v) is 5.39. The summed E-state index contributed by atoms with van der Waals surface area (Å²) >= 11 is 0. The number of benzene rings is 1. The van der Waals surface area contributed by atoms with E-state index in [1.807, 2.05) is 54.6 Å². The first-order valence-corrected chi connectivity index (χ1v) is 6.79. The number of ether oxygens (including phenoxy) is 1. The maximum absolute atomic E-state index is 11.9. The van der Waals surface area contributed by atoms with E-state index in [0.29, 0.717) is 11.6 Å². The Bertz CT molecular complexity index is 706. The fourth-order valence-electron chi connectivity index (χ4n) is 2.05. The molecule has 0 fully saturated rings. The number of carbonyl (C=O) groups is 1. The lowest BCUT2D eigenvalue weighted by Crippen LogP contribution is -2.46. The summed E-state index contributed by atoms with van der Waals surface area (Å²) in [5.41, 5.74) is 0.996. The minimum Gasteiger partial charge on any atom is -0.474 e. The van der Waals surface area contributed by atoms with Crippen LogP contribution in [0.1, 0.15) is 25.1 Å². The van der Waals surface area contributed by atoms with Gasteiger partial charge in [0.2, 0.25) is 0 Å². The fourth-order valence-corrected chi connectivity index (χ4v) is 2.05. The number of anilines is 1. The van der Waals surface area contributed by atoms with Gasteiger partial charge >= 0.3 is 0 Å². The summed E-state index contributed by atoms with van der Waals surface area (Å²) in [6, 6.07) is 13.7. The van der Waals surface area contributed by atoms with Gasteiger partial charge in [0.15, 0.2) is 17.2 Å². The van der Waals surface area contributed by atoms with Gasteiger partial charge in [-0.1, -0.05) is 36.4 Å². The van der Waals surface area contributed by atoms with Crippen LogP contribution < -0.4 is 10.1 Å². The third-order valence-electron chi connectivity index (χ3n) is 3.27. The van der Waals surface area contributed by atoms with E-state index in [-0.39, 0.29) is 5.91 Å². The van der Waals surface area contributed by atoms with Crippen molar-refractivity contribution in [1.29, 1.82) is 0 Å². The summed E-state index contributed by atoms with van der Waals surface area (Å²) in [5.74, 6) is 0.873. The Balaban J connectivity index is 1.86. The highest BCUT2D eigenvalue weighted by molar-refractivity contribution is 5.99. The molecule has 4 heteroatoms. The van der Waals surface area contributed by atoms with Gasteiger partial charge in [0.05, 0.1) is 5.69 Å². The molecule has 4 nitrogen and oxygen atoms in total. The standard InChI is InChI=1S/C17H16N2O2/c1-17(2)16(20)19-15-14(21-17)11-10-13(18-15)9-8-12-6-4-3-5-7-12/h3-11H,1-2H3,(H,18,19,20)/b9-8+. The van der Waals surface area contributed by atoms with Crippen LogP contribution in [0.5, 0.6) is 5.75 Å². The number of hydrogen-bond donors (Lipinski definition) is 1. The van der Waals surface area contributed by atoms with Crippen molar-refractivity contribution in [3.63, 3.8) is 0 Å². The monoisotopic (exact) mass is 280 g/mol. The van der Waals surface area contributed by atoms with Gasteiger partial charge in [-0.3, -0.25) is 4.79 Å². The molecule has 1 aliphatic rings. The van der Waals surface area contributed by atoms with Crippen molar-refractivity contribution in [2.24, 2.45) is 0 Å². The molecular formula is C17H16N2O2. The molecule has 0 atom stereocenters. The second kappa shape index (κ2) is 5.05. The molecule has 1 N–H and O–H groups in total. The Kier molecular flexibility index (Phi) is 3.22. The lowest BCUT2D eigenvalue weighted by Gasteiger charge is -2.30. The summed E-state index contributed by atoms with van der Waals surface area (Å²) in [6.07, 6.45) is 3.88. The minimum atomic E-state index is -0.865. The van der Waals surface area contributed by atoms with Crippen molar-refractivity contribution < 1.29 is 9.53 Å². The normalized spacial score (nSPS) is 16.2. The third kappa shape index (κ3) is 2.79. The molecule has 1 aromatic heterocycles. The van der Waals surface area contributed by atoms with E-state index in [1.165, 1.54) is 0 Å². The van der Waals surface area contributed by atoms with Gasteiger partial charge in [0, 0.05) is 0 Å². The van der Waals surface area contributed by atoms with Crippen LogP contribution in [0.2, 0.25) is 0 Å². The first-order valence-electron chi connectivity index (χ1n) is 6.79. The highest BCUT2D eigenvalue weighted by Crippen LogP contribution is 2.32. The fraction of sp³-hybridized carbons (Fsp3) is 0.176. The van der Waals surface area contributed by atoms with Gasteiger partial charge in [-0.2, -0.15) is 0 Å². The van der Waals surface area contributed by atoms with Crippen LogP contribution in [-0.2, 0) is 4.79 Å². The molecule has 0 unspecified atom stereocenters. The molecule has 1 aliphatic heterocycles. The number of carbonyl (C=O) groups excluding carboxylic acids is 1. The molecular weight excluding hydrogens is 264 g/mol. The molecule has 0 aliphatic carbocycles. The number of aromatic nitrogens is 1. The van der Waals surface area contributed by atoms with Gasteiger partial charge in [-0.25, -0.2) is 4.98 Å². The number of fused-ring (bicyclic) bond motifs is 1. The zero-order valence-corrected chi connectivity index (χ0v) is 12.0. The summed E-state index contributed by atoms with van der Waals surface area (Å²) in [7, 11) is 0. The molecule has 0 saturated carbocycles. The average molecular weight is 280 g/mol. The largest absolute Gasteiger partial charge is 0.474 e. The first-order chi connectivity index (χ1) is 10.0. The Hall–Kier alpha value is -2.62. The maximum atomic E-state index is 11.9. The number of nitrogens with one attached hydrogen (secondary N) is 1. The van der Waals surface area contributed by atoms with Gasteiger partial charge in [0.25, 0.3) is 5.91 Å². The predicted octanol–water partition coefficient (Wildman–Crippen LogP) is 3.36. The quantitative estimate of drug-likeness (QED) is 0.917. The van der Waals surface area contributed by atoms with Crippen LogP contribution in [0.4, 0.5) is 5.82 Å². The van der Waals surface area contributed by atoms with Crippen molar-refractivity contribution in [2.45, 2.75) is 19.4 Å².